The fourth-order valence-electron chi connectivity index (χ4n) is 2.43. The molecule has 2 amide bonds. The second-order valence-corrected chi connectivity index (χ2v) is 6.45. The quantitative estimate of drug-likeness (QED) is 0.729. The van der Waals surface area contributed by atoms with Crippen LogP contribution >= 0.6 is 11.3 Å². The molecule has 2 aromatic rings. The number of hydrogen-bond donors (Lipinski definition) is 1. The molecular weight excluding hydrogens is 336 g/mol. The smallest absolute Gasteiger partial charge is 0.253 e. The van der Waals surface area contributed by atoms with E-state index in [1.807, 2.05) is 25.3 Å². The van der Waals surface area contributed by atoms with Gasteiger partial charge in [0.1, 0.15) is 0 Å². The van der Waals surface area contributed by atoms with Crippen molar-refractivity contribution < 1.29 is 14.4 Å². The number of anilines is 1. The standard InChI is InChI=1S/C19H22N2O3S/c1-3-21(4-2)19(24)14-7-5-8-15(13-14)20-18(23)11-10-16(22)17-9-6-12-25-17/h5-9,12-13H,3-4,10-11H2,1-2H3,(H,20,23). The summed E-state index contributed by atoms with van der Waals surface area (Å²) in [4.78, 5) is 38.7. The zero-order chi connectivity index (χ0) is 18.2. The maximum Gasteiger partial charge on any atom is 0.253 e. The van der Waals surface area contributed by atoms with Gasteiger partial charge in [-0.05, 0) is 43.5 Å². The highest BCUT2D eigenvalue weighted by atomic mass is 32.1. The number of carbonyl (C=O) groups is 3. The molecule has 132 valence electrons. The zero-order valence-corrected chi connectivity index (χ0v) is 15.3. The van der Waals surface area contributed by atoms with E-state index in [0.29, 0.717) is 29.2 Å². The summed E-state index contributed by atoms with van der Waals surface area (Å²) < 4.78 is 0. The molecule has 0 radical (unpaired) electrons. The number of amides is 2. The van der Waals surface area contributed by atoms with Crippen molar-refractivity contribution in [3.05, 3.63) is 52.2 Å². The fourth-order valence-corrected chi connectivity index (χ4v) is 3.13. The van der Waals surface area contributed by atoms with Crippen molar-refractivity contribution in [3.8, 4) is 0 Å². The lowest BCUT2D eigenvalue weighted by Gasteiger charge is -2.19. The van der Waals surface area contributed by atoms with E-state index >= 15 is 0 Å². The molecule has 0 saturated carbocycles. The van der Waals surface area contributed by atoms with E-state index in [1.165, 1.54) is 11.3 Å². The second-order valence-electron chi connectivity index (χ2n) is 5.51. The third-order valence-corrected chi connectivity index (χ3v) is 4.73. The van der Waals surface area contributed by atoms with Crippen LogP contribution in [0.5, 0.6) is 0 Å². The number of hydrogen-bond acceptors (Lipinski definition) is 4. The third kappa shape index (κ3) is 5.26. The van der Waals surface area contributed by atoms with Crippen LogP contribution in [0.25, 0.3) is 0 Å². The molecule has 1 aromatic heterocycles. The average Bonchev–Trinajstić information content (AvgIpc) is 3.15. The van der Waals surface area contributed by atoms with Crippen molar-refractivity contribution in [1.82, 2.24) is 4.90 Å². The molecule has 5 nitrogen and oxygen atoms in total. The normalized spacial score (nSPS) is 10.3. The first-order chi connectivity index (χ1) is 12.0. The van der Waals surface area contributed by atoms with Crippen molar-refractivity contribution in [1.29, 1.82) is 0 Å². The van der Waals surface area contributed by atoms with Gasteiger partial charge in [-0.25, -0.2) is 0 Å². The Labute approximate surface area is 151 Å². The van der Waals surface area contributed by atoms with Crippen LogP contribution in [-0.4, -0.2) is 35.6 Å². The molecule has 0 bridgehead atoms. The minimum atomic E-state index is -0.239. The van der Waals surface area contributed by atoms with Gasteiger partial charge in [0.25, 0.3) is 5.91 Å². The van der Waals surface area contributed by atoms with Gasteiger partial charge in [-0.15, -0.1) is 11.3 Å². The Morgan fingerprint density at radius 3 is 2.44 bits per heavy atom. The monoisotopic (exact) mass is 358 g/mol. The highest BCUT2D eigenvalue weighted by Gasteiger charge is 2.14. The molecule has 0 fully saturated rings. The number of thiophene rings is 1. The summed E-state index contributed by atoms with van der Waals surface area (Å²) in [5.74, 6) is -0.332. The van der Waals surface area contributed by atoms with Gasteiger partial charge in [0.2, 0.25) is 5.91 Å². The minimum absolute atomic E-state index is 0.0318. The Hall–Kier alpha value is -2.47. The van der Waals surface area contributed by atoms with Crippen molar-refractivity contribution in [2.45, 2.75) is 26.7 Å². The van der Waals surface area contributed by atoms with E-state index in [0.717, 1.165) is 0 Å². The molecule has 1 aromatic carbocycles. The maximum atomic E-state index is 12.4. The average molecular weight is 358 g/mol. The lowest BCUT2D eigenvalue weighted by molar-refractivity contribution is -0.116. The SMILES string of the molecule is CCN(CC)C(=O)c1cccc(NC(=O)CCC(=O)c2cccs2)c1. The fraction of sp³-hybridized carbons (Fsp3) is 0.316. The Morgan fingerprint density at radius 1 is 1.04 bits per heavy atom. The van der Waals surface area contributed by atoms with Gasteiger partial charge in [-0.3, -0.25) is 14.4 Å². The Bertz CT molecular complexity index is 737. The molecular formula is C19H22N2O3S. The van der Waals surface area contributed by atoms with Crippen molar-refractivity contribution >= 4 is 34.6 Å². The summed E-state index contributed by atoms with van der Waals surface area (Å²) >= 11 is 1.38. The van der Waals surface area contributed by atoms with Gasteiger partial charge in [-0.2, -0.15) is 0 Å². The van der Waals surface area contributed by atoms with E-state index in [9.17, 15) is 14.4 Å². The predicted molar refractivity (Wildman–Crippen MR) is 100 cm³/mol. The lowest BCUT2D eigenvalue weighted by Crippen LogP contribution is -2.30. The molecule has 0 aliphatic heterocycles. The van der Waals surface area contributed by atoms with Gasteiger partial charge in [-0.1, -0.05) is 12.1 Å². The van der Waals surface area contributed by atoms with Crippen molar-refractivity contribution in [3.63, 3.8) is 0 Å². The van der Waals surface area contributed by atoms with Gasteiger partial charge < -0.3 is 10.2 Å². The van der Waals surface area contributed by atoms with Crippen LogP contribution in [-0.2, 0) is 4.79 Å². The first kappa shape index (κ1) is 18.9. The lowest BCUT2D eigenvalue weighted by atomic mass is 10.1. The summed E-state index contributed by atoms with van der Waals surface area (Å²) in [5, 5.41) is 4.59. The van der Waals surface area contributed by atoms with Crippen LogP contribution in [0.15, 0.2) is 41.8 Å². The van der Waals surface area contributed by atoms with Crippen LogP contribution in [0.3, 0.4) is 0 Å². The summed E-state index contributed by atoms with van der Waals surface area (Å²) in [7, 11) is 0. The van der Waals surface area contributed by atoms with Gasteiger partial charge in [0.05, 0.1) is 4.88 Å². The predicted octanol–water partition coefficient (Wildman–Crippen LogP) is 3.83. The number of ketones is 1. The molecule has 25 heavy (non-hydrogen) atoms. The molecule has 0 aliphatic carbocycles. The van der Waals surface area contributed by atoms with Gasteiger partial charge in [0, 0.05) is 37.2 Å². The van der Waals surface area contributed by atoms with Crippen LogP contribution in [0.4, 0.5) is 5.69 Å². The molecule has 0 aliphatic rings. The van der Waals surface area contributed by atoms with E-state index in [-0.39, 0.29) is 30.4 Å². The number of benzene rings is 1. The summed E-state index contributed by atoms with van der Waals surface area (Å²) in [5.41, 5.74) is 1.10. The molecule has 1 N–H and O–H groups in total. The van der Waals surface area contributed by atoms with E-state index in [4.69, 9.17) is 0 Å². The first-order valence-corrected chi connectivity index (χ1v) is 9.19. The van der Waals surface area contributed by atoms with Gasteiger partial charge >= 0.3 is 0 Å². The van der Waals surface area contributed by atoms with Crippen molar-refractivity contribution in [2.75, 3.05) is 18.4 Å². The maximum absolute atomic E-state index is 12.4. The summed E-state index contributed by atoms with van der Waals surface area (Å²) in [6.07, 6.45) is 0.287. The Kier molecular flexibility index (Phi) is 6.89. The number of Topliss-reactive ketones (excluding diaryl/α,β-unsaturated/α-hetero) is 1. The Balaban J connectivity index is 1.93. The number of nitrogens with one attached hydrogen (secondary N) is 1. The van der Waals surface area contributed by atoms with Gasteiger partial charge in [0.15, 0.2) is 5.78 Å². The molecule has 6 heteroatoms. The molecule has 0 unspecified atom stereocenters. The number of carbonyl (C=O) groups excluding carboxylic acids is 3. The topological polar surface area (TPSA) is 66.5 Å². The van der Waals surface area contributed by atoms with Crippen LogP contribution in [0.1, 0.15) is 46.7 Å². The van der Waals surface area contributed by atoms with E-state index in [2.05, 4.69) is 5.32 Å². The van der Waals surface area contributed by atoms with E-state index in [1.54, 1.807) is 35.2 Å². The highest BCUT2D eigenvalue weighted by Crippen LogP contribution is 2.15. The molecule has 0 atom stereocenters. The van der Waals surface area contributed by atoms with Crippen LogP contribution in [0, 0.1) is 0 Å². The Morgan fingerprint density at radius 2 is 1.80 bits per heavy atom. The molecule has 0 saturated heterocycles. The van der Waals surface area contributed by atoms with Crippen molar-refractivity contribution in [2.24, 2.45) is 0 Å². The molecule has 0 spiro atoms. The number of nitrogens with zero attached hydrogens (tertiary/aromatic N) is 1. The molecule has 2 rings (SSSR count). The van der Waals surface area contributed by atoms with Crippen LogP contribution < -0.4 is 5.32 Å². The first-order valence-electron chi connectivity index (χ1n) is 8.31. The number of rotatable bonds is 8. The summed E-state index contributed by atoms with van der Waals surface area (Å²) in [6, 6.07) is 10.4. The zero-order valence-electron chi connectivity index (χ0n) is 14.5. The van der Waals surface area contributed by atoms with Crippen LogP contribution in [0.2, 0.25) is 0 Å². The molecule has 1 heterocycles. The minimum Gasteiger partial charge on any atom is -0.339 e. The largest absolute Gasteiger partial charge is 0.339 e. The summed E-state index contributed by atoms with van der Waals surface area (Å²) in [6.45, 7) is 5.13. The highest BCUT2D eigenvalue weighted by molar-refractivity contribution is 7.12. The second kappa shape index (κ2) is 9.13. The van der Waals surface area contributed by atoms with E-state index < -0.39 is 0 Å². The third-order valence-electron chi connectivity index (χ3n) is 3.82.